The summed E-state index contributed by atoms with van der Waals surface area (Å²) in [5, 5.41) is 6.20. The molecule has 2 N–H and O–H groups in total. The second-order valence-corrected chi connectivity index (χ2v) is 5.12. The molecular formula is C12H27N3O. The predicted molar refractivity (Wildman–Crippen MR) is 68.5 cm³/mol. The first-order valence-electron chi connectivity index (χ1n) is 6.00. The van der Waals surface area contributed by atoms with Gasteiger partial charge in [0.1, 0.15) is 0 Å². The molecule has 0 aromatic rings. The van der Waals surface area contributed by atoms with E-state index >= 15 is 0 Å². The molecule has 0 aromatic heterocycles. The molecule has 0 saturated carbocycles. The lowest BCUT2D eigenvalue weighted by atomic mass is 10.0. The first-order valence-corrected chi connectivity index (χ1v) is 6.00. The van der Waals surface area contributed by atoms with E-state index in [0.29, 0.717) is 0 Å². The molecular weight excluding hydrogens is 202 g/mol. The minimum Gasteiger partial charge on any atom is -0.352 e. The van der Waals surface area contributed by atoms with E-state index in [1.54, 1.807) is 0 Å². The van der Waals surface area contributed by atoms with Crippen molar-refractivity contribution in [1.82, 2.24) is 15.5 Å². The zero-order valence-electron chi connectivity index (χ0n) is 11.6. The van der Waals surface area contributed by atoms with Gasteiger partial charge in [-0.15, -0.1) is 0 Å². The first kappa shape index (κ1) is 15.4. The highest BCUT2D eigenvalue weighted by atomic mass is 16.2. The quantitative estimate of drug-likeness (QED) is 0.680. The van der Waals surface area contributed by atoms with Crippen LogP contribution in [-0.4, -0.2) is 49.6 Å². The lowest BCUT2D eigenvalue weighted by molar-refractivity contribution is -0.127. The van der Waals surface area contributed by atoms with Gasteiger partial charge in [0, 0.05) is 6.04 Å². The van der Waals surface area contributed by atoms with Gasteiger partial charge in [0.15, 0.2) is 0 Å². The van der Waals surface area contributed by atoms with Gasteiger partial charge in [-0.3, -0.25) is 4.79 Å². The highest BCUT2D eigenvalue weighted by Crippen LogP contribution is 2.03. The van der Waals surface area contributed by atoms with Crippen molar-refractivity contribution in [2.75, 3.05) is 27.2 Å². The van der Waals surface area contributed by atoms with E-state index in [1.165, 1.54) is 0 Å². The summed E-state index contributed by atoms with van der Waals surface area (Å²) in [4.78, 5) is 14.0. The summed E-state index contributed by atoms with van der Waals surface area (Å²) in [5.74, 6) is 0.0700. The smallest absolute Gasteiger partial charge is 0.239 e. The fourth-order valence-corrected chi connectivity index (χ4v) is 1.45. The second kappa shape index (κ2) is 6.86. The molecule has 0 heterocycles. The zero-order valence-corrected chi connectivity index (χ0v) is 11.6. The Morgan fingerprint density at radius 3 is 2.38 bits per heavy atom. The van der Waals surface area contributed by atoms with Crippen LogP contribution in [0.15, 0.2) is 0 Å². The number of likely N-dealkylation sites (N-methyl/N-ethyl adjacent to an activating group) is 1. The van der Waals surface area contributed by atoms with Crippen LogP contribution >= 0.6 is 0 Å². The summed E-state index contributed by atoms with van der Waals surface area (Å²) in [5.41, 5.74) is -0.485. The molecule has 1 unspecified atom stereocenters. The van der Waals surface area contributed by atoms with E-state index in [0.717, 1.165) is 19.5 Å². The minimum atomic E-state index is -0.485. The minimum absolute atomic E-state index is 0.0700. The Bertz CT molecular complexity index is 214. The van der Waals surface area contributed by atoms with Gasteiger partial charge in [0.25, 0.3) is 0 Å². The molecule has 0 rings (SSSR count). The number of hydrogen-bond donors (Lipinski definition) is 2. The molecule has 16 heavy (non-hydrogen) atoms. The van der Waals surface area contributed by atoms with Crippen molar-refractivity contribution in [2.45, 2.75) is 45.7 Å². The van der Waals surface area contributed by atoms with Gasteiger partial charge in [-0.05, 0) is 54.4 Å². The van der Waals surface area contributed by atoms with Crippen molar-refractivity contribution in [3.63, 3.8) is 0 Å². The van der Waals surface area contributed by atoms with Gasteiger partial charge < -0.3 is 15.5 Å². The van der Waals surface area contributed by atoms with Crippen LogP contribution in [0.2, 0.25) is 0 Å². The lowest BCUT2D eigenvalue weighted by Crippen LogP contribution is -2.54. The number of amides is 1. The first-order chi connectivity index (χ1) is 7.29. The van der Waals surface area contributed by atoms with E-state index in [1.807, 2.05) is 41.8 Å². The van der Waals surface area contributed by atoms with Crippen LogP contribution < -0.4 is 10.6 Å². The molecule has 0 saturated heterocycles. The van der Waals surface area contributed by atoms with E-state index in [-0.39, 0.29) is 11.9 Å². The normalized spacial score (nSPS) is 13.9. The summed E-state index contributed by atoms with van der Waals surface area (Å²) in [6.07, 6.45) is 0.973. The summed E-state index contributed by atoms with van der Waals surface area (Å²) in [7, 11) is 4.08. The molecule has 96 valence electrons. The Labute approximate surface area is 99.8 Å². The molecule has 4 nitrogen and oxygen atoms in total. The van der Waals surface area contributed by atoms with Crippen molar-refractivity contribution < 1.29 is 4.79 Å². The maximum absolute atomic E-state index is 11.9. The molecule has 0 aliphatic rings. The molecule has 1 atom stereocenters. The fraction of sp³-hybridized carbons (Fsp3) is 0.917. The third-order valence-electron chi connectivity index (χ3n) is 2.57. The van der Waals surface area contributed by atoms with Crippen molar-refractivity contribution in [3.8, 4) is 0 Å². The SMILES string of the molecule is CCNC(C)(C)C(=O)NC(C)CCN(C)C. The third kappa shape index (κ3) is 6.08. The predicted octanol–water partition coefficient (Wildman–Crippen LogP) is 0.831. The summed E-state index contributed by atoms with van der Waals surface area (Å²) < 4.78 is 0. The Morgan fingerprint density at radius 2 is 1.94 bits per heavy atom. The Morgan fingerprint density at radius 1 is 1.38 bits per heavy atom. The molecule has 1 amide bonds. The molecule has 0 spiro atoms. The standard InChI is InChI=1S/C12H27N3O/c1-7-13-12(3,4)11(16)14-10(2)8-9-15(5)6/h10,13H,7-9H2,1-6H3,(H,14,16). The maximum atomic E-state index is 11.9. The number of carbonyl (C=O) groups excluding carboxylic acids is 1. The Balaban J connectivity index is 4.03. The molecule has 0 radical (unpaired) electrons. The van der Waals surface area contributed by atoms with Crippen molar-refractivity contribution in [3.05, 3.63) is 0 Å². The van der Waals surface area contributed by atoms with E-state index in [2.05, 4.69) is 15.5 Å². The number of rotatable bonds is 7. The second-order valence-electron chi connectivity index (χ2n) is 5.12. The van der Waals surface area contributed by atoms with Crippen molar-refractivity contribution in [2.24, 2.45) is 0 Å². The highest BCUT2D eigenvalue weighted by molar-refractivity contribution is 5.85. The van der Waals surface area contributed by atoms with Gasteiger partial charge in [0.2, 0.25) is 5.91 Å². The van der Waals surface area contributed by atoms with Crippen LogP contribution in [0.25, 0.3) is 0 Å². The van der Waals surface area contributed by atoms with E-state index in [4.69, 9.17) is 0 Å². The van der Waals surface area contributed by atoms with Crippen molar-refractivity contribution >= 4 is 5.91 Å². The van der Waals surface area contributed by atoms with Crippen LogP contribution in [0.1, 0.15) is 34.1 Å². The number of hydrogen-bond acceptors (Lipinski definition) is 3. The van der Waals surface area contributed by atoms with Gasteiger partial charge in [0.05, 0.1) is 5.54 Å². The van der Waals surface area contributed by atoms with Crippen LogP contribution in [0.5, 0.6) is 0 Å². The van der Waals surface area contributed by atoms with Gasteiger partial charge in [-0.2, -0.15) is 0 Å². The summed E-state index contributed by atoms with van der Waals surface area (Å²) in [6, 6.07) is 0.216. The topological polar surface area (TPSA) is 44.4 Å². The van der Waals surface area contributed by atoms with Crippen LogP contribution in [0.3, 0.4) is 0 Å². The number of nitrogens with zero attached hydrogens (tertiary/aromatic N) is 1. The van der Waals surface area contributed by atoms with Crippen LogP contribution in [0.4, 0.5) is 0 Å². The number of nitrogens with one attached hydrogen (secondary N) is 2. The van der Waals surface area contributed by atoms with Crippen LogP contribution in [0, 0.1) is 0 Å². The van der Waals surface area contributed by atoms with E-state index < -0.39 is 5.54 Å². The summed E-state index contributed by atoms with van der Waals surface area (Å²) in [6.45, 7) is 9.65. The van der Waals surface area contributed by atoms with E-state index in [9.17, 15) is 4.79 Å². The lowest BCUT2D eigenvalue weighted by Gasteiger charge is -2.27. The fourth-order valence-electron chi connectivity index (χ4n) is 1.45. The molecule has 0 aliphatic heterocycles. The Hall–Kier alpha value is -0.610. The monoisotopic (exact) mass is 229 g/mol. The van der Waals surface area contributed by atoms with Gasteiger partial charge in [-0.1, -0.05) is 6.92 Å². The maximum Gasteiger partial charge on any atom is 0.239 e. The third-order valence-corrected chi connectivity index (χ3v) is 2.57. The van der Waals surface area contributed by atoms with Crippen molar-refractivity contribution in [1.29, 1.82) is 0 Å². The molecule has 0 fully saturated rings. The molecule has 0 aliphatic carbocycles. The number of carbonyl (C=O) groups is 1. The van der Waals surface area contributed by atoms with Gasteiger partial charge >= 0.3 is 0 Å². The molecule has 0 aromatic carbocycles. The average molecular weight is 229 g/mol. The van der Waals surface area contributed by atoms with Gasteiger partial charge in [-0.25, -0.2) is 0 Å². The average Bonchev–Trinajstić information content (AvgIpc) is 2.14. The largest absolute Gasteiger partial charge is 0.352 e. The van der Waals surface area contributed by atoms with Crippen LogP contribution in [-0.2, 0) is 4.79 Å². The highest BCUT2D eigenvalue weighted by Gasteiger charge is 2.26. The molecule has 4 heteroatoms. The zero-order chi connectivity index (χ0) is 12.8. The molecule has 0 bridgehead atoms. The summed E-state index contributed by atoms with van der Waals surface area (Å²) >= 11 is 0. The Kier molecular flexibility index (Phi) is 6.60.